The number of nitrogens with one attached hydrogen (secondary N) is 2. The molecule has 0 unspecified atom stereocenters. The third-order valence-corrected chi connectivity index (χ3v) is 5.88. The van der Waals surface area contributed by atoms with Gasteiger partial charge in [0.05, 0.1) is 35.5 Å². The molecule has 4 N–H and O–H groups in total. The first-order chi connectivity index (χ1) is 16.5. The van der Waals surface area contributed by atoms with Crippen molar-refractivity contribution >= 4 is 28.6 Å². The average Bonchev–Trinajstić information content (AvgIpc) is 2.86. The minimum absolute atomic E-state index is 0.0972. The summed E-state index contributed by atoms with van der Waals surface area (Å²) in [5, 5.41) is 11.5. The standard InChI is InChI=1S/C25H31N7O2/c1-17(2)32(30-33)23-7-5-4-6-21(23)29-22-15-25(26)28-16-20(22)19-9-8-18(14-24(19)34-3)31-12-10-27-11-13-31/h4-9,14-17,27H,10-13H2,1-3H3,(H3,26,28,29). The molecule has 34 heavy (non-hydrogen) atoms. The Morgan fingerprint density at radius 3 is 2.59 bits per heavy atom. The van der Waals surface area contributed by atoms with E-state index in [4.69, 9.17) is 10.5 Å². The number of nitroso groups, excluding NO2 is 1. The molecule has 1 aliphatic heterocycles. The normalized spacial score (nSPS) is 13.6. The molecular weight excluding hydrogens is 430 g/mol. The van der Waals surface area contributed by atoms with Crippen molar-refractivity contribution in [1.29, 1.82) is 0 Å². The number of nitrogens with zero attached hydrogens (tertiary/aromatic N) is 4. The average molecular weight is 462 g/mol. The maximum Gasteiger partial charge on any atom is 0.128 e. The van der Waals surface area contributed by atoms with Gasteiger partial charge in [0.1, 0.15) is 11.6 Å². The lowest BCUT2D eigenvalue weighted by atomic mass is 10.0. The van der Waals surface area contributed by atoms with Crippen LogP contribution in [0.25, 0.3) is 11.1 Å². The lowest BCUT2D eigenvalue weighted by molar-refractivity contribution is 0.416. The molecule has 1 saturated heterocycles. The van der Waals surface area contributed by atoms with E-state index in [9.17, 15) is 4.91 Å². The lowest BCUT2D eigenvalue weighted by Gasteiger charge is -2.30. The molecule has 1 aliphatic rings. The zero-order valence-electron chi connectivity index (χ0n) is 19.8. The van der Waals surface area contributed by atoms with Crippen LogP contribution in [0.5, 0.6) is 5.75 Å². The number of anilines is 5. The van der Waals surface area contributed by atoms with Gasteiger partial charge in [-0.05, 0) is 38.1 Å². The summed E-state index contributed by atoms with van der Waals surface area (Å²) in [6.07, 6.45) is 1.74. The number of benzene rings is 2. The largest absolute Gasteiger partial charge is 0.496 e. The fraction of sp³-hybridized carbons (Fsp3) is 0.320. The van der Waals surface area contributed by atoms with Crippen LogP contribution in [0, 0.1) is 4.91 Å². The fourth-order valence-corrected chi connectivity index (χ4v) is 4.15. The monoisotopic (exact) mass is 461 g/mol. The molecule has 0 amide bonds. The van der Waals surface area contributed by atoms with E-state index >= 15 is 0 Å². The summed E-state index contributed by atoms with van der Waals surface area (Å²) in [5.74, 6) is 1.13. The van der Waals surface area contributed by atoms with Gasteiger partial charge >= 0.3 is 0 Å². The van der Waals surface area contributed by atoms with Crippen molar-refractivity contribution in [2.45, 2.75) is 19.9 Å². The van der Waals surface area contributed by atoms with Crippen LogP contribution in [0.1, 0.15) is 13.8 Å². The van der Waals surface area contributed by atoms with Gasteiger partial charge in [-0.15, -0.1) is 4.91 Å². The zero-order valence-corrected chi connectivity index (χ0v) is 19.8. The highest BCUT2D eigenvalue weighted by atomic mass is 16.5. The van der Waals surface area contributed by atoms with E-state index in [1.54, 1.807) is 19.4 Å². The summed E-state index contributed by atoms with van der Waals surface area (Å²) >= 11 is 0. The third kappa shape index (κ3) is 4.89. The Morgan fingerprint density at radius 2 is 1.88 bits per heavy atom. The summed E-state index contributed by atoms with van der Waals surface area (Å²) in [5.41, 5.74) is 11.1. The summed E-state index contributed by atoms with van der Waals surface area (Å²) < 4.78 is 5.78. The highest BCUT2D eigenvalue weighted by Crippen LogP contribution is 2.40. The van der Waals surface area contributed by atoms with Crippen molar-refractivity contribution < 1.29 is 4.74 Å². The Labute approximate surface area is 199 Å². The van der Waals surface area contributed by atoms with Gasteiger partial charge in [-0.25, -0.2) is 9.99 Å². The van der Waals surface area contributed by atoms with Crippen LogP contribution in [-0.4, -0.2) is 44.3 Å². The van der Waals surface area contributed by atoms with Gasteiger partial charge in [-0.2, -0.15) is 0 Å². The minimum atomic E-state index is -0.0972. The molecule has 0 spiro atoms. The molecule has 1 aromatic heterocycles. The molecule has 2 aromatic carbocycles. The molecule has 0 bridgehead atoms. The van der Waals surface area contributed by atoms with Crippen LogP contribution >= 0.6 is 0 Å². The first-order valence-electron chi connectivity index (χ1n) is 11.4. The van der Waals surface area contributed by atoms with E-state index in [2.05, 4.69) is 37.9 Å². The van der Waals surface area contributed by atoms with Crippen LogP contribution in [0.2, 0.25) is 0 Å². The Bertz CT molecular complexity index is 1150. The number of para-hydroxylation sites is 2. The maximum absolute atomic E-state index is 11.5. The van der Waals surface area contributed by atoms with Crippen LogP contribution in [0.3, 0.4) is 0 Å². The highest BCUT2D eigenvalue weighted by molar-refractivity contribution is 5.88. The number of aromatic nitrogens is 1. The molecule has 2 heterocycles. The molecule has 9 heteroatoms. The topological polar surface area (TPSA) is 108 Å². The first kappa shape index (κ1) is 23.3. The number of ether oxygens (including phenoxy) is 1. The van der Waals surface area contributed by atoms with Crippen LogP contribution in [0.4, 0.5) is 28.6 Å². The van der Waals surface area contributed by atoms with Gasteiger partial charge < -0.3 is 26.0 Å². The number of rotatable bonds is 8. The second kappa shape index (κ2) is 10.4. The van der Waals surface area contributed by atoms with Gasteiger partial charge in [0.25, 0.3) is 0 Å². The van der Waals surface area contributed by atoms with Crippen molar-refractivity contribution in [3.8, 4) is 16.9 Å². The molecule has 0 saturated carbocycles. The number of nitrogens with two attached hydrogens (primary N) is 1. The Kier molecular flexibility index (Phi) is 7.12. The number of pyridine rings is 1. The zero-order chi connectivity index (χ0) is 24.1. The number of nitrogen functional groups attached to an aromatic ring is 1. The molecule has 4 rings (SSSR count). The summed E-state index contributed by atoms with van der Waals surface area (Å²) in [6, 6.07) is 15.4. The van der Waals surface area contributed by atoms with E-state index in [0.29, 0.717) is 11.5 Å². The molecule has 0 radical (unpaired) electrons. The molecule has 3 aromatic rings. The van der Waals surface area contributed by atoms with E-state index < -0.39 is 0 Å². The van der Waals surface area contributed by atoms with Crippen molar-refractivity contribution in [2.24, 2.45) is 5.29 Å². The summed E-state index contributed by atoms with van der Waals surface area (Å²) in [6.45, 7) is 7.65. The minimum Gasteiger partial charge on any atom is -0.496 e. The van der Waals surface area contributed by atoms with Crippen molar-refractivity contribution in [3.63, 3.8) is 0 Å². The SMILES string of the molecule is COc1cc(N2CCNCC2)ccc1-c1cnc(N)cc1Nc1ccccc1N(N=O)C(C)C. The van der Waals surface area contributed by atoms with Crippen molar-refractivity contribution in [2.75, 3.05) is 54.2 Å². The highest BCUT2D eigenvalue weighted by Gasteiger charge is 2.19. The second-order valence-electron chi connectivity index (χ2n) is 8.44. The Hall–Kier alpha value is -3.85. The fourth-order valence-electron chi connectivity index (χ4n) is 4.15. The van der Waals surface area contributed by atoms with Gasteiger partial charge in [0.15, 0.2) is 0 Å². The Morgan fingerprint density at radius 1 is 1.12 bits per heavy atom. The summed E-state index contributed by atoms with van der Waals surface area (Å²) in [7, 11) is 1.67. The number of hydrogen-bond acceptors (Lipinski definition) is 8. The number of hydrogen-bond donors (Lipinski definition) is 3. The van der Waals surface area contributed by atoms with Gasteiger partial charge in [0, 0.05) is 61.3 Å². The van der Waals surface area contributed by atoms with E-state index in [1.807, 2.05) is 44.2 Å². The predicted molar refractivity (Wildman–Crippen MR) is 139 cm³/mol. The van der Waals surface area contributed by atoms with Gasteiger partial charge in [-0.1, -0.05) is 12.1 Å². The number of piperazine rings is 1. The maximum atomic E-state index is 11.5. The van der Waals surface area contributed by atoms with E-state index in [1.165, 1.54) is 5.01 Å². The predicted octanol–water partition coefficient (Wildman–Crippen LogP) is 4.39. The smallest absolute Gasteiger partial charge is 0.128 e. The van der Waals surface area contributed by atoms with E-state index in [0.717, 1.165) is 60.1 Å². The second-order valence-corrected chi connectivity index (χ2v) is 8.44. The summed E-state index contributed by atoms with van der Waals surface area (Å²) in [4.78, 5) is 18.2. The molecule has 9 nitrogen and oxygen atoms in total. The lowest BCUT2D eigenvalue weighted by Crippen LogP contribution is -2.43. The third-order valence-electron chi connectivity index (χ3n) is 5.88. The number of methoxy groups -OCH3 is 1. The first-order valence-corrected chi connectivity index (χ1v) is 11.4. The molecule has 0 aliphatic carbocycles. The molecule has 1 fully saturated rings. The van der Waals surface area contributed by atoms with Crippen LogP contribution in [-0.2, 0) is 0 Å². The van der Waals surface area contributed by atoms with Crippen LogP contribution < -0.4 is 31.0 Å². The molecule has 178 valence electrons. The molecular formula is C25H31N7O2. The van der Waals surface area contributed by atoms with Crippen LogP contribution in [0.15, 0.2) is 60.0 Å². The van der Waals surface area contributed by atoms with Gasteiger partial charge in [-0.3, -0.25) is 0 Å². The molecule has 0 atom stereocenters. The van der Waals surface area contributed by atoms with Crippen molar-refractivity contribution in [1.82, 2.24) is 10.3 Å². The Balaban J connectivity index is 1.74. The quantitative estimate of drug-likeness (QED) is 0.335. The van der Waals surface area contributed by atoms with Gasteiger partial charge in [0.2, 0.25) is 0 Å². The van der Waals surface area contributed by atoms with E-state index in [-0.39, 0.29) is 6.04 Å². The van der Waals surface area contributed by atoms with Crippen molar-refractivity contribution in [3.05, 3.63) is 59.6 Å².